The van der Waals surface area contributed by atoms with Gasteiger partial charge in [0.15, 0.2) is 0 Å². The highest BCUT2D eigenvalue weighted by molar-refractivity contribution is 5.74. The molecule has 0 fully saturated rings. The van der Waals surface area contributed by atoms with Crippen molar-refractivity contribution >= 4 is 18.0 Å². The van der Waals surface area contributed by atoms with E-state index in [0.29, 0.717) is 6.61 Å². The molecule has 96 valence electrons. The molecule has 0 aliphatic heterocycles. The normalized spacial score (nSPS) is 10.5. The Balaban J connectivity index is 2.68. The zero-order chi connectivity index (χ0) is 13.4. The maximum Gasteiger partial charge on any atom is 0.309 e. The Kier molecular flexibility index (Phi) is 5.64. The zero-order valence-corrected chi connectivity index (χ0v) is 10.3. The summed E-state index contributed by atoms with van der Waals surface area (Å²) in [6.45, 7) is 2.12. The Hall–Kier alpha value is -2.10. The predicted molar refractivity (Wildman–Crippen MR) is 68.1 cm³/mol. The standard InChI is InChI=1S/C14H16O4/c1-2-18-14(17)9-5-8-11-6-3-4-7-12(11)10-13(15)16/h3-8H,2,9-10H2,1H3,(H,15,16). The summed E-state index contributed by atoms with van der Waals surface area (Å²) in [6, 6.07) is 7.20. The lowest BCUT2D eigenvalue weighted by molar-refractivity contribution is -0.142. The first-order valence-electron chi connectivity index (χ1n) is 5.75. The third-order valence-electron chi connectivity index (χ3n) is 2.28. The van der Waals surface area contributed by atoms with Gasteiger partial charge in [0.2, 0.25) is 0 Å². The topological polar surface area (TPSA) is 63.6 Å². The van der Waals surface area contributed by atoms with E-state index in [1.165, 1.54) is 0 Å². The highest BCUT2D eigenvalue weighted by Crippen LogP contribution is 2.12. The number of carbonyl (C=O) groups excluding carboxylic acids is 1. The molecule has 1 aromatic rings. The van der Waals surface area contributed by atoms with Gasteiger partial charge in [-0.15, -0.1) is 0 Å². The minimum Gasteiger partial charge on any atom is -0.481 e. The monoisotopic (exact) mass is 248 g/mol. The number of hydrogen-bond donors (Lipinski definition) is 1. The summed E-state index contributed by atoms with van der Waals surface area (Å²) in [6.07, 6.45) is 3.59. The van der Waals surface area contributed by atoms with Gasteiger partial charge < -0.3 is 9.84 Å². The van der Waals surface area contributed by atoms with E-state index in [-0.39, 0.29) is 18.8 Å². The van der Waals surface area contributed by atoms with Gasteiger partial charge in [-0.3, -0.25) is 9.59 Å². The lowest BCUT2D eigenvalue weighted by Gasteiger charge is -2.02. The van der Waals surface area contributed by atoms with Crippen molar-refractivity contribution in [1.29, 1.82) is 0 Å². The fraction of sp³-hybridized carbons (Fsp3) is 0.286. The summed E-state index contributed by atoms with van der Waals surface area (Å²) in [7, 11) is 0. The zero-order valence-electron chi connectivity index (χ0n) is 10.3. The van der Waals surface area contributed by atoms with E-state index < -0.39 is 5.97 Å². The first-order valence-corrected chi connectivity index (χ1v) is 5.75. The molecule has 0 atom stereocenters. The molecule has 0 saturated heterocycles. The van der Waals surface area contributed by atoms with Gasteiger partial charge in [0.05, 0.1) is 19.4 Å². The molecule has 0 aliphatic carbocycles. The number of carboxylic acid groups (broad SMARTS) is 1. The van der Waals surface area contributed by atoms with Crippen LogP contribution in [0, 0.1) is 0 Å². The van der Waals surface area contributed by atoms with Crippen molar-refractivity contribution in [1.82, 2.24) is 0 Å². The van der Waals surface area contributed by atoms with Crippen LogP contribution in [0.2, 0.25) is 0 Å². The van der Waals surface area contributed by atoms with Crippen LogP contribution in [-0.2, 0) is 20.7 Å². The largest absolute Gasteiger partial charge is 0.481 e. The molecule has 0 spiro atoms. The highest BCUT2D eigenvalue weighted by Gasteiger charge is 2.04. The number of ether oxygens (including phenoxy) is 1. The van der Waals surface area contributed by atoms with E-state index in [0.717, 1.165) is 11.1 Å². The van der Waals surface area contributed by atoms with E-state index in [1.807, 2.05) is 12.1 Å². The SMILES string of the molecule is CCOC(=O)CC=Cc1ccccc1CC(=O)O. The van der Waals surface area contributed by atoms with Crippen LogP contribution in [0.3, 0.4) is 0 Å². The smallest absolute Gasteiger partial charge is 0.309 e. The molecular formula is C14H16O4. The second kappa shape index (κ2) is 7.27. The van der Waals surface area contributed by atoms with Gasteiger partial charge in [-0.2, -0.15) is 0 Å². The van der Waals surface area contributed by atoms with Gasteiger partial charge in [-0.1, -0.05) is 36.4 Å². The third-order valence-corrected chi connectivity index (χ3v) is 2.28. The van der Waals surface area contributed by atoms with Crippen molar-refractivity contribution in [3.05, 3.63) is 41.5 Å². The van der Waals surface area contributed by atoms with Crippen molar-refractivity contribution in [2.75, 3.05) is 6.61 Å². The Morgan fingerprint density at radius 3 is 2.72 bits per heavy atom. The van der Waals surface area contributed by atoms with Crippen molar-refractivity contribution in [3.8, 4) is 0 Å². The Morgan fingerprint density at radius 2 is 2.06 bits per heavy atom. The lowest BCUT2D eigenvalue weighted by atomic mass is 10.0. The number of benzene rings is 1. The number of aliphatic carboxylic acids is 1. The van der Waals surface area contributed by atoms with Crippen LogP contribution in [-0.4, -0.2) is 23.7 Å². The molecule has 4 nitrogen and oxygen atoms in total. The van der Waals surface area contributed by atoms with Crippen LogP contribution in [0.1, 0.15) is 24.5 Å². The summed E-state index contributed by atoms with van der Waals surface area (Å²) in [4.78, 5) is 21.8. The second-order valence-corrected chi connectivity index (χ2v) is 3.68. The van der Waals surface area contributed by atoms with Crippen LogP contribution < -0.4 is 0 Å². The molecule has 0 bridgehead atoms. The van der Waals surface area contributed by atoms with E-state index in [9.17, 15) is 9.59 Å². The van der Waals surface area contributed by atoms with Crippen LogP contribution in [0.4, 0.5) is 0 Å². The lowest BCUT2D eigenvalue weighted by Crippen LogP contribution is -2.02. The van der Waals surface area contributed by atoms with Crippen molar-refractivity contribution in [2.45, 2.75) is 19.8 Å². The van der Waals surface area contributed by atoms with Gasteiger partial charge in [-0.05, 0) is 18.1 Å². The molecule has 0 aromatic heterocycles. The maximum absolute atomic E-state index is 11.1. The molecule has 1 rings (SSSR count). The molecule has 0 unspecified atom stereocenters. The Labute approximate surface area is 106 Å². The second-order valence-electron chi connectivity index (χ2n) is 3.68. The number of carbonyl (C=O) groups is 2. The Morgan fingerprint density at radius 1 is 1.33 bits per heavy atom. The Bertz CT molecular complexity index is 449. The van der Waals surface area contributed by atoms with Crippen LogP contribution in [0.15, 0.2) is 30.3 Å². The van der Waals surface area contributed by atoms with E-state index in [1.54, 1.807) is 31.2 Å². The van der Waals surface area contributed by atoms with Gasteiger partial charge in [0.1, 0.15) is 0 Å². The van der Waals surface area contributed by atoms with E-state index in [4.69, 9.17) is 9.84 Å². The number of carboxylic acids is 1. The van der Waals surface area contributed by atoms with Crippen LogP contribution in [0.25, 0.3) is 6.08 Å². The third kappa shape index (κ3) is 4.82. The summed E-state index contributed by atoms with van der Waals surface area (Å²) >= 11 is 0. The molecular weight excluding hydrogens is 232 g/mol. The van der Waals surface area contributed by atoms with E-state index in [2.05, 4.69) is 0 Å². The summed E-state index contributed by atoms with van der Waals surface area (Å²) in [5.74, 6) is -1.16. The quantitative estimate of drug-likeness (QED) is 0.784. The molecule has 0 heterocycles. The average molecular weight is 248 g/mol. The van der Waals surface area contributed by atoms with Crippen molar-refractivity contribution in [3.63, 3.8) is 0 Å². The molecule has 0 radical (unpaired) electrons. The fourth-order valence-electron chi connectivity index (χ4n) is 1.52. The van der Waals surface area contributed by atoms with Crippen molar-refractivity contribution in [2.24, 2.45) is 0 Å². The van der Waals surface area contributed by atoms with Gasteiger partial charge in [-0.25, -0.2) is 0 Å². The van der Waals surface area contributed by atoms with Crippen LogP contribution in [0.5, 0.6) is 0 Å². The molecule has 0 amide bonds. The minimum atomic E-state index is -0.874. The molecule has 4 heteroatoms. The van der Waals surface area contributed by atoms with Gasteiger partial charge in [0.25, 0.3) is 0 Å². The summed E-state index contributed by atoms with van der Waals surface area (Å²) in [5, 5.41) is 8.78. The first kappa shape index (κ1) is 14.0. The maximum atomic E-state index is 11.1. The number of esters is 1. The number of rotatable bonds is 6. The van der Waals surface area contributed by atoms with E-state index >= 15 is 0 Å². The molecule has 18 heavy (non-hydrogen) atoms. The highest BCUT2D eigenvalue weighted by atomic mass is 16.5. The van der Waals surface area contributed by atoms with Gasteiger partial charge in [0, 0.05) is 0 Å². The number of hydrogen-bond acceptors (Lipinski definition) is 3. The first-order chi connectivity index (χ1) is 8.63. The van der Waals surface area contributed by atoms with Gasteiger partial charge >= 0.3 is 11.9 Å². The van der Waals surface area contributed by atoms with Crippen LogP contribution >= 0.6 is 0 Å². The molecule has 1 aromatic carbocycles. The predicted octanol–water partition coefficient (Wildman–Crippen LogP) is 2.28. The summed E-state index contributed by atoms with van der Waals surface area (Å²) < 4.78 is 4.79. The molecule has 0 aliphatic rings. The molecule has 1 N–H and O–H groups in total. The van der Waals surface area contributed by atoms with Crippen molar-refractivity contribution < 1.29 is 19.4 Å². The molecule has 0 saturated carbocycles. The fourth-order valence-corrected chi connectivity index (χ4v) is 1.52. The summed E-state index contributed by atoms with van der Waals surface area (Å²) in [5.41, 5.74) is 1.54. The minimum absolute atomic E-state index is 0.0279. The average Bonchev–Trinajstić information content (AvgIpc) is 2.31.